The van der Waals surface area contributed by atoms with Crippen LogP contribution in [0.5, 0.6) is 0 Å². The largest absolute Gasteiger partial charge is 0.302 e. The summed E-state index contributed by atoms with van der Waals surface area (Å²) in [4.78, 5) is 16.8. The number of sulfonamides is 1. The molecular formula is C20H20FN3O5S3. The van der Waals surface area contributed by atoms with Crippen molar-refractivity contribution in [3.05, 3.63) is 48.3 Å². The number of amides is 1. The molecule has 0 aliphatic carbocycles. The molecule has 2 aromatic carbocycles. The molecule has 1 aliphatic heterocycles. The van der Waals surface area contributed by atoms with E-state index in [4.69, 9.17) is 0 Å². The van der Waals surface area contributed by atoms with Gasteiger partial charge in [0.1, 0.15) is 10.7 Å². The molecule has 0 unspecified atom stereocenters. The fourth-order valence-corrected chi connectivity index (χ4v) is 6.71. The highest BCUT2D eigenvalue weighted by Crippen LogP contribution is 2.30. The van der Waals surface area contributed by atoms with Gasteiger partial charge in [0.15, 0.2) is 15.0 Å². The molecule has 1 N–H and O–H groups in total. The topological polar surface area (TPSA) is 114 Å². The van der Waals surface area contributed by atoms with E-state index < -0.39 is 31.6 Å². The van der Waals surface area contributed by atoms with Gasteiger partial charge in [-0.05, 0) is 43.2 Å². The molecule has 1 aliphatic rings. The Morgan fingerprint density at radius 2 is 1.81 bits per heavy atom. The Morgan fingerprint density at radius 3 is 2.47 bits per heavy atom. The number of thiazole rings is 1. The highest BCUT2D eigenvalue weighted by molar-refractivity contribution is 7.90. The molecule has 4 rings (SSSR count). The van der Waals surface area contributed by atoms with Crippen molar-refractivity contribution in [2.45, 2.75) is 22.6 Å². The number of sulfone groups is 1. The Hall–Kier alpha value is -2.41. The fourth-order valence-electron chi connectivity index (χ4n) is 3.55. The van der Waals surface area contributed by atoms with Crippen LogP contribution in [0.2, 0.25) is 0 Å². The first kappa shape index (κ1) is 22.8. The number of hydrogen-bond acceptors (Lipinski definition) is 7. The van der Waals surface area contributed by atoms with E-state index >= 15 is 0 Å². The number of fused-ring (bicyclic) bond motifs is 1. The molecule has 1 fully saturated rings. The summed E-state index contributed by atoms with van der Waals surface area (Å²) in [6.07, 6.45) is 1.71. The van der Waals surface area contributed by atoms with Gasteiger partial charge >= 0.3 is 0 Å². The van der Waals surface area contributed by atoms with Crippen LogP contribution in [-0.4, -0.2) is 51.4 Å². The minimum absolute atomic E-state index is 0.103. The third-order valence-electron chi connectivity index (χ3n) is 5.30. The molecule has 0 radical (unpaired) electrons. The van der Waals surface area contributed by atoms with Gasteiger partial charge in [0, 0.05) is 25.3 Å². The minimum Gasteiger partial charge on any atom is -0.302 e. The Bertz CT molecular complexity index is 1390. The van der Waals surface area contributed by atoms with Crippen molar-refractivity contribution in [3.8, 4) is 0 Å². The molecule has 0 atom stereocenters. The third-order valence-corrected chi connectivity index (χ3v) is 9.27. The highest BCUT2D eigenvalue weighted by Gasteiger charge is 2.33. The van der Waals surface area contributed by atoms with Gasteiger partial charge in [0.25, 0.3) is 0 Å². The van der Waals surface area contributed by atoms with Crippen LogP contribution < -0.4 is 5.32 Å². The van der Waals surface area contributed by atoms with E-state index in [-0.39, 0.29) is 28.8 Å². The number of nitrogens with zero attached hydrogens (tertiary/aromatic N) is 2. The van der Waals surface area contributed by atoms with Gasteiger partial charge in [-0.1, -0.05) is 23.5 Å². The molecule has 170 valence electrons. The molecule has 12 heteroatoms. The number of halogens is 1. The Balaban J connectivity index is 1.42. The average Bonchev–Trinajstić information content (AvgIpc) is 3.15. The molecule has 1 saturated heterocycles. The number of carbonyl (C=O) groups excluding carboxylic acids is 1. The first-order chi connectivity index (χ1) is 15.1. The molecule has 1 aromatic heterocycles. The van der Waals surface area contributed by atoms with E-state index in [0.29, 0.717) is 28.2 Å². The number of anilines is 1. The zero-order valence-corrected chi connectivity index (χ0v) is 19.4. The summed E-state index contributed by atoms with van der Waals surface area (Å²) >= 11 is 1.17. The van der Waals surface area contributed by atoms with Gasteiger partial charge in [0.05, 0.1) is 15.1 Å². The average molecular weight is 498 g/mol. The summed E-state index contributed by atoms with van der Waals surface area (Å²) in [6.45, 7) is 0.207. The van der Waals surface area contributed by atoms with Crippen LogP contribution in [-0.2, 0) is 24.7 Å². The second-order valence-corrected chi connectivity index (χ2v) is 12.5. The van der Waals surface area contributed by atoms with Crippen molar-refractivity contribution >= 4 is 52.5 Å². The Labute approximate surface area is 189 Å². The number of aromatic nitrogens is 1. The first-order valence-corrected chi connectivity index (χ1v) is 13.9. The van der Waals surface area contributed by atoms with E-state index in [9.17, 15) is 26.0 Å². The van der Waals surface area contributed by atoms with E-state index in [1.165, 1.54) is 46.0 Å². The molecule has 0 spiro atoms. The van der Waals surface area contributed by atoms with Crippen LogP contribution in [0, 0.1) is 11.7 Å². The maximum atomic E-state index is 14.0. The quantitative estimate of drug-likeness (QED) is 0.580. The highest BCUT2D eigenvalue weighted by atomic mass is 32.2. The zero-order valence-electron chi connectivity index (χ0n) is 17.0. The number of hydrogen-bond donors (Lipinski definition) is 1. The second-order valence-electron chi connectivity index (χ2n) is 7.52. The standard InChI is InChI=1S/C20H20FN3O5S3/c1-31(26,27)14-6-7-16-17(12-14)30-20(22-16)23-19(25)13-8-10-24(11-9-13)32(28,29)18-5-3-2-4-15(18)21/h2-7,12-13H,8-11H2,1H3,(H,22,23,25). The molecule has 1 amide bonds. The van der Waals surface area contributed by atoms with Gasteiger partial charge in [0.2, 0.25) is 15.9 Å². The number of rotatable bonds is 5. The molecule has 8 nitrogen and oxygen atoms in total. The molecule has 0 saturated carbocycles. The second kappa shape index (κ2) is 8.50. The molecule has 3 aromatic rings. The molecular weight excluding hydrogens is 477 g/mol. The number of benzene rings is 2. The monoisotopic (exact) mass is 497 g/mol. The van der Waals surface area contributed by atoms with Crippen LogP contribution >= 0.6 is 11.3 Å². The lowest BCUT2D eigenvalue weighted by atomic mass is 9.97. The van der Waals surface area contributed by atoms with E-state index in [1.54, 1.807) is 6.07 Å². The van der Waals surface area contributed by atoms with E-state index in [0.717, 1.165) is 12.3 Å². The van der Waals surface area contributed by atoms with Crippen LogP contribution in [0.3, 0.4) is 0 Å². The van der Waals surface area contributed by atoms with Crippen molar-refractivity contribution in [3.63, 3.8) is 0 Å². The summed E-state index contributed by atoms with van der Waals surface area (Å²) in [6, 6.07) is 9.79. The lowest BCUT2D eigenvalue weighted by molar-refractivity contribution is -0.120. The van der Waals surface area contributed by atoms with Gasteiger partial charge < -0.3 is 5.32 Å². The smallest absolute Gasteiger partial charge is 0.245 e. The van der Waals surface area contributed by atoms with Crippen LogP contribution in [0.25, 0.3) is 10.2 Å². The third kappa shape index (κ3) is 4.53. The summed E-state index contributed by atoms with van der Waals surface area (Å²) in [5.74, 6) is -1.50. The van der Waals surface area contributed by atoms with Crippen LogP contribution in [0.4, 0.5) is 9.52 Å². The van der Waals surface area contributed by atoms with Crippen LogP contribution in [0.1, 0.15) is 12.8 Å². The van der Waals surface area contributed by atoms with E-state index in [2.05, 4.69) is 10.3 Å². The summed E-state index contributed by atoms with van der Waals surface area (Å²) in [5, 5.41) is 3.09. The van der Waals surface area contributed by atoms with Crippen molar-refractivity contribution in [1.29, 1.82) is 0 Å². The number of carbonyl (C=O) groups is 1. The van der Waals surface area contributed by atoms with Gasteiger partial charge in [-0.15, -0.1) is 0 Å². The Morgan fingerprint density at radius 1 is 1.12 bits per heavy atom. The molecule has 32 heavy (non-hydrogen) atoms. The molecule has 2 heterocycles. The number of nitrogens with one attached hydrogen (secondary N) is 1. The first-order valence-electron chi connectivity index (χ1n) is 9.72. The summed E-state index contributed by atoms with van der Waals surface area (Å²) in [5.41, 5.74) is 0.573. The summed E-state index contributed by atoms with van der Waals surface area (Å²) < 4.78 is 64.6. The maximum Gasteiger partial charge on any atom is 0.245 e. The van der Waals surface area contributed by atoms with Gasteiger partial charge in [-0.3, -0.25) is 4.79 Å². The van der Waals surface area contributed by atoms with Crippen molar-refractivity contribution < 1.29 is 26.0 Å². The lowest BCUT2D eigenvalue weighted by Gasteiger charge is -2.30. The van der Waals surface area contributed by atoms with Gasteiger partial charge in [-0.2, -0.15) is 4.31 Å². The van der Waals surface area contributed by atoms with Crippen molar-refractivity contribution in [2.75, 3.05) is 24.7 Å². The predicted molar refractivity (Wildman–Crippen MR) is 119 cm³/mol. The SMILES string of the molecule is CS(=O)(=O)c1ccc2nc(NC(=O)C3CCN(S(=O)(=O)c4ccccc4F)CC3)sc2c1. The predicted octanol–water partition coefficient (Wildman–Crippen LogP) is 2.88. The van der Waals surface area contributed by atoms with Crippen molar-refractivity contribution in [1.82, 2.24) is 9.29 Å². The summed E-state index contributed by atoms with van der Waals surface area (Å²) in [7, 11) is -7.32. The Kier molecular flexibility index (Phi) is 6.05. The van der Waals surface area contributed by atoms with Crippen LogP contribution in [0.15, 0.2) is 52.3 Å². The minimum atomic E-state index is -3.97. The number of piperidine rings is 1. The van der Waals surface area contributed by atoms with Gasteiger partial charge in [-0.25, -0.2) is 26.2 Å². The zero-order chi connectivity index (χ0) is 23.1. The molecule has 0 bridgehead atoms. The maximum absolute atomic E-state index is 14.0. The van der Waals surface area contributed by atoms with E-state index in [1.807, 2.05) is 0 Å². The fraction of sp³-hybridized carbons (Fsp3) is 0.300. The normalized spacial score (nSPS) is 16.3. The lowest BCUT2D eigenvalue weighted by Crippen LogP contribution is -2.41. The van der Waals surface area contributed by atoms with Crippen molar-refractivity contribution in [2.24, 2.45) is 5.92 Å².